The van der Waals surface area contributed by atoms with Gasteiger partial charge in [-0.2, -0.15) is 62.9 Å². The third-order valence-corrected chi connectivity index (χ3v) is 4.08. The second-order valence-electron chi connectivity index (χ2n) is 7.18. The molecule has 0 aromatic rings. The Hall–Kier alpha value is -1.32. The van der Waals surface area contributed by atoms with Gasteiger partial charge in [0.15, 0.2) is 0 Å². The molecule has 0 saturated carbocycles. The van der Waals surface area contributed by atoms with Crippen molar-refractivity contribution in [3.63, 3.8) is 0 Å². The first-order chi connectivity index (χ1) is 13.2. The molecule has 0 amide bonds. The van der Waals surface area contributed by atoms with Gasteiger partial charge in [-0.15, -0.1) is 0 Å². The van der Waals surface area contributed by atoms with Crippen molar-refractivity contribution < 1.29 is 52.7 Å². The second kappa shape index (κ2) is 9.87. The van der Waals surface area contributed by atoms with E-state index in [0.29, 0.717) is 0 Å². The van der Waals surface area contributed by atoms with Crippen molar-refractivity contribution in [1.82, 2.24) is 0 Å². The van der Waals surface area contributed by atoms with Crippen molar-refractivity contribution in [2.45, 2.75) is 50.4 Å². The van der Waals surface area contributed by atoms with E-state index in [0.717, 1.165) is 0 Å². The molecule has 0 atom stereocenters. The van der Waals surface area contributed by atoms with Crippen LogP contribution >= 0.6 is 0 Å². The van der Waals surface area contributed by atoms with Crippen molar-refractivity contribution in [3.05, 3.63) is 0 Å². The quantitative estimate of drug-likeness (QED) is 0.526. The average molecular weight is 472 g/mol. The number of azo groups is 1. The molecule has 1 rings (SSSR count). The number of rotatable bonds is 6. The summed E-state index contributed by atoms with van der Waals surface area (Å²) in [6.45, 7) is -2.51. The van der Waals surface area contributed by atoms with Gasteiger partial charge in [-0.05, 0) is 13.1 Å². The standard InChI is InChI=1S/C7H8F6N2.C7H12F6N2/c8-6(9,10)1-5(2-7(11,12)13)3-14-15-4-5;8-6(9,10)1-5(3-14,4-15)2-7(11,12)13/h1-4H2;1-4,14-15H2. The lowest BCUT2D eigenvalue weighted by Gasteiger charge is -2.32. The van der Waals surface area contributed by atoms with Crippen LogP contribution in [0.15, 0.2) is 10.2 Å². The maximum absolute atomic E-state index is 12.1. The number of nitrogens with two attached hydrogens (primary N) is 2. The van der Waals surface area contributed by atoms with Crippen LogP contribution in [-0.2, 0) is 0 Å². The summed E-state index contributed by atoms with van der Waals surface area (Å²) >= 11 is 0. The molecule has 4 N–H and O–H groups in total. The highest BCUT2D eigenvalue weighted by Gasteiger charge is 2.50. The molecule has 1 aliphatic heterocycles. The first-order valence-corrected chi connectivity index (χ1v) is 8.16. The van der Waals surface area contributed by atoms with Crippen LogP contribution < -0.4 is 11.5 Å². The van der Waals surface area contributed by atoms with E-state index in [1.54, 1.807) is 0 Å². The first kappa shape index (κ1) is 28.7. The van der Waals surface area contributed by atoms with E-state index < -0.39 is 87.4 Å². The Labute approximate surface area is 163 Å². The van der Waals surface area contributed by atoms with Gasteiger partial charge in [0.1, 0.15) is 0 Å². The predicted octanol–water partition coefficient (Wildman–Crippen LogP) is 5.14. The Balaban J connectivity index is 0.000000561. The molecule has 0 aromatic carbocycles. The molecule has 0 aliphatic carbocycles. The van der Waals surface area contributed by atoms with Gasteiger partial charge in [-0.25, -0.2) is 0 Å². The van der Waals surface area contributed by atoms with Crippen LogP contribution in [-0.4, -0.2) is 50.9 Å². The fourth-order valence-corrected chi connectivity index (χ4v) is 2.87. The zero-order valence-corrected chi connectivity index (χ0v) is 15.2. The number of hydrogen-bond acceptors (Lipinski definition) is 4. The highest BCUT2D eigenvalue weighted by molar-refractivity contribution is 4.91. The second-order valence-corrected chi connectivity index (χ2v) is 7.18. The van der Waals surface area contributed by atoms with Gasteiger partial charge >= 0.3 is 24.7 Å². The van der Waals surface area contributed by atoms with Crippen molar-refractivity contribution in [2.75, 3.05) is 26.2 Å². The Morgan fingerprint density at radius 2 is 0.867 bits per heavy atom. The summed E-state index contributed by atoms with van der Waals surface area (Å²) in [5.41, 5.74) is 5.84. The first-order valence-electron chi connectivity index (χ1n) is 8.16. The summed E-state index contributed by atoms with van der Waals surface area (Å²) in [5, 5.41) is 6.46. The minimum Gasteiger partial charge on any atom is -0.330 e. The highest BCUT2D eigenvalue weighted by Crippen LogP contribution is 2.44. The molecule has 0 spiro atoms. The van der Waals surface area contributed by atoms with Crippen molar-refractivity contribution in [3.8, 4) is 0 Å². The van der Waals surface area contributed by atoms with Crippen molar-refractivity contribution in [2.24, 2.45) is 32.5 Å². The van der Waals surface area contributed by atoms with Crippen LogP contribution in [0.25, 0.3) is 0 Å². The van der Waals surface area contributed by atoms with Gasteiger partial charge < -0.3 is 11.5 Å². The van der Waals surface area contributed by atoms with Gasteiger partial charge in [0.25, 0.3) is 0 Å². The lowest BCUT2D eigenvalue weighted by molar-refractivity contribution is -0.192. The lowest BCUT2D eigenvalue weighted by Crippen LogP contribution is -2.44. The lowest BCUT2D eigenvalue weighted by atomic mass is 9.80. The fraction of sp³-hybridized carbons (Fsp3) is 1.00. The summed E-state index contributed by atoms with van der Waals surface area (Å²) in [5.74, 6) is 0. The monoisotopic (exact) mass is 472 g/mol. The SMILES string of the molecule is FC(F)(F)CC1(CC(F)(F)F)CN=NC1.NCC(CN)(CC(F)(F)F)CC(F)(F)F. The van der Waals surface area contributed by atoms with Crippen molar-refractivity contribution >= 4 is 0 Å². The Bertz CT molecular complexity index is 469. The molecule has 1 heterocycles. The topological polar surface area (TPSA) is 76.8 Å². The van der Waals surface area contributed by atoms with Gasteiger partial charge in [0.05, 0.1) is 38.8 Å². The molecule has 0 unspecified atom stereocenters. The van der Waals surface area contributed by atoms with Crippen LogP contribution in [0.1, 0.15) is 25.7 Å². The Morgan fingerprint density at radius 3 is 1.07 bits per heavy atom. The summed E-state index contributed by atoms with van der Waals surface area (Å²) < 4.78 is 145. The summed E-state index contributed by atoms with van der Waals surface area (Å²) in [6, 6.07) is 0. The predicted molar refractivity (Wildman–Crippen MR) is 80.3 cm³/mol. The largest absolute Gasteiger partial charge is 0.389 e. The van der Waals surface area contributed by atoms with Gasteiger partial charge in [0.2, 0.25) is 0 Å². The molecule has 1 aliphatic rings. The van der Waals surface area contributed by atoms with Gasteiger partial charge in [-0.3, -0.25) is 0 Å². The van der Waals surface area contributed by atoms with E-state index in [2.05, 4.69) is 10.2 Å². The van der Waals surface area contributed by atoms with Crippen LogP contribution in [0.2, 0.25) is 0 Å². The highest BCUT2D eigenvalue weighted by atomic mass is 19.4. The van der Waals surface area contributed by atoms with Crippen LogP contribution in [0.4, 0.5) is 52.7 Å². The number of hydrogen-bond donors (Lipinski definition) is 2. The third kappa shape index (κ3) is 12.4. The van der Waals surface area contributed by atoms with Crippen LogP contribution in [0.3, 0.4) is 0 Å². The fourth-order valence-electron chi connectivity index (χ4n) is 2.87. The van der Waals surface area contributed by atoms with Crippen LogP contribution in [0.5, 0.6) is 0 Å². The minimum atomic E-state index is -4.70. The number of nitrogens with zero attached hydrogens (tertiary/aromatic N) is 2. The molecule has 0 fully saturated rings. The number of halogens is 12. The summed E-state index contributed by atoms with van der Waals surface area (Å²) in [7, 11) is 0. The van der Waals surface area contributed by atoms with Crippen LogP contribution in [0, 0.1) is 10.8 Å². The van der Waals surface area contributed by atoms with Crippen molar-refractivity contribution in [1.29, 1.82) is 0 Å². The van der Waals surface area contributed by atoms with E-state index in [-0.39, 0.29) is 0 Å². The summed E-state index contributed by atoms with van der Waals surface area (Å²) in [4.78, 5) is 0. The molecule has 180 valence electrons. The smallest absolute Gasteiger partial charge is 0.330 e. The molecule has 0 bridgehead atoms. The van der Waals surface area contributed by atoms with Gasteiger partial charge in [0, 0.05) is 10.8 Å². The maximum atomic E-state index is 12.1. The number of alkyl halides is 12. The van der Waals surface area contributed by atoms with E-state index in [9.17, 15) is 52.7 Å². The molecular formula is C14H20F12N4. The van der Waals surface area contributed by atoms with E-state index >= 15 is 0 Å². The molecule has 0 saturated heterocycles. The molecule has 0 aromatic heterocycles. The van der Waals surface area contributed by atoms with E-state index in [1.165, 1.54) is 0 Å². The molecule has 4 nitrogen and oxygen atoms in total. The minimum absolute atomic E-state index is 0.508. The average Bonchev–Trinajstić information content (AvgIpc) is 2.87. The Kier molecular flexibility index (Phi) is 9.44. The zero-order valence-electron chi connectivity index (χ0n) is 15.2. The van der Waals surface area contributed by atoms with E-state index in [1.807, 2.05) is 0 Å². The maximum Gasteiger partial charge on any atom is 0.389 e. The molecular weight excluding hydrogens is 452 g/mol. The van der Waals surface area contributed by atoms with Gasteiger partial charge in [-0.1, -0.05) is 0 Å². The summed E-state index contributed by atoms with van der Waals surface area (Å²) in [6.07, 6.45) is -24.9. The Morgan fingerprint density at radius 1 is 0.567 bits per heavy atom. The molecule has 16 heteroatoms. The third-order valence-electron chi connectivity index (χ3n) is 4.08. The zero-order chi connectivity index (χ0) is 24.1. The molecule has 0 radical (unpaired) electrons. The molecule has 30 heavy (non-hydrogen) atoms. The normalized spacial score (nSPS) is 17.7. The van der Waals surface area contributed by atoms with E-state index in [4.69, 9.17) is 11.5 Å².